The van der Waals surface area contributed by atoms with Gasteiger partial charge in [0.2, 0.25) is 0 Å². The molecule has 106 valence electrons. The molecule has 2 aromatic rings. The van der Waals surface area contributed by atoms with Crippen LogP contribution in [0, 0.1) is 12.8 Å². The Labute approximate surface area is 131 Å². The van der Waals surface area contributed by atoms with Crippen LogP contribution in [0.15, 0.2) is 30.3 Å². The lowest BCUT2D eigenvalue weighted by Gasteiger charge is -2.12. The molecule has 1 aromatic heterocycles. The molecule has 0 amide bonds. The van der Waals surface area contributed by atoms with Gasteiger partial charge in [-0.2, -0.15) is 0 Å². The highest BCUT2D eigenvalue weighted by Gasteiger charge is 2.18. The molecule has 2 heterocycles. The predicted molar refractivity (Wildman–Crippen MR) is 86.4 cm³/mol. The van der Waals surface area contributed by atoms with E-state index in [9.17, 15) is 0 Å². The van der Waals surface area contributed by atoms with E-state index in [2.05, 4.69) is 54.0 Å². The van der Waals surface area contributed by atoms with E-state index in [1.807, 2.05) is 17.4 Å². The van der Waals surface area contributed by atoms with E-state index in [0.29, 0.717) is 19.1 Å². The number of aryl methyl sites for hydroxylation is 1. The molecule has 1 aromatic carbocycles. The number of halogens is 1. The fraction of sp³-hybridized carbons (Fsp3) is 0.375. The molecule has 0 spiro atoms. The zero-order valence-electron chi connectivity index (χ0n) is 11.6. The summed E-state index contributed by atoms with van der Waals surface area (Å²) < 4.78 is 11.6. The monoisotopic (exact) mass is 352 g/mol. The average Bonchev–Trinajstić information content (AvgIpc) is 2.80. The number of hydrogen-bond acceptors (Lipinski definition) is 3. The number of fused-ring (bicyclic) bond motifs is 1. The van der Waals surface area contributed by atoms with Crippen molar-refractivity contribution in [1.82, 2.24) is 0 Å². The minimum Gasteiger partial charge on any atom is -0.489 e. The predicted octanol–water partition coefficient (Wildman–Crippen LogP) is 4.95. The Kier molecular flexibility index (Phi) is 4.03. The zero-order chi connectivity index (χ0) is 14.1. The highest BCUT2D eigenvalue weighted by molar-refractivity contribution is 9.09. The molecule has 0 aliphatic carbocycles. The van der Waals surface area contributed by atoms with Crippen LogP contribution in [0.25, 0.3) is 0 Å². The van der Waals surface area contributed by atoms with Crippen LogP contribution in [0.2, 0.25) is 0 Å². The third kappa shape index (κ3) is 2.86. The van der Waals surface area contributed by atoms with Crippen molar-refractivity contribution in [2.75, 3.05) is 13.2 Å². The van der Waals surface area contributed by atoms with Gasteiger partial charge in [0.15, 0.2) is 11.5 Å². The standard InChI is InChI=1S/C16H17BrO2S/c1-10-8-18-13-5-4-12(7-14(13)19-9-10)16(17)15-6-3-11(2)20-15/h3-7,10,16H,8-9H2,1-2H3. The van der Waals surface area contributed by atoms with Gasteiger partial charge in [-0.1, -0.05) is 28.9 Å². The van der Waals surface area contributed by atoms with Crippen molar-refractivity contribution in [3.63, 3.8) is 0 Å². The van der Waals surface area contributed by atoms with Crippen molar-refractivity contribution in [3.05, 3.63) is 45.6 Å². The summed E-state index contributed by atoms with van der Waals surface area (Å²) in [5, 5.41) is 0. The van der Waals surface area contributed by atoms with Gasteiger partial charge in [0.1, 0.15) is 0 Å². The summed E-state index contributed by atoms with van der Waals surface area (Å²) in [6.07, 6.45) is 0. The Morgan fingerprint density at radius 1 is 1.15 bits per heavy atom. The van der Waals surface area contributed by atoms with Crippen LogP contribution < -0.4 is 9.47 Å². The molecular weight excluding hydrogens is 336 g/mol. The number of thiophene rings is 1. The molecule has 0 saturated carbocycles. The van der Waals surface area contributed by atoms with Crippen LogP contribution >= 0.6 is 27.3 Å². The number of alkyl halides is 1. The van der Waals surface area contributed by atoms with Crippen LogP contribution in [0.1, 0.15) is 27.1 Å². The minimum absolute atomic E-state index is 0.204. The molecule has 2 nitrogen and oxygen atoms in total. The van der Waals surface area contributed by atoms with Crippen molar-refractivity contribution >= 4 is 27.3 Å². The van der Waals surface area contributed by atoms with Gasteiger partial charge in [-0.15, -0.1) is 11.3 Å². The average molecular weight is 353 g/mol. The van der Waals surface area contributed by atoms with E-state index in [1.165, 1.54) is 15.3 Å². The second kappa shape index (κ2) is 5.78. The van der Waals surface area contributed by atoms with E-state index in [4.69, 9.17) is 9.47 Å². The summed E-state index contributed by atoms with van der Waals surface area (Å²) in [6, 6.07) is 10.5. The smallest absolute Gasteiger partial charge is 0.161 e. The molecule has 0 N–H and O–H groups in total. The molecule has 1 aliphatic rings. The molecule has 0 saturated heterocycles. The van der Waals surface area contributed by atoms with Crippen LogP contribution in [-0.2, 0) is 0 Å². The Balaban J connectivity index is 1.88. The Bertz CT molecular complexity index is 608. The maximum Gasteiger partial charge on any atom is 0.161 e. The highest BCUT2D eigenvalue weighted by Crippen LogP contribution is 2.39. The number of ether oxygens (including phenoxy) is 2. The largest absolute Gasteiger partial charge is 0.489 e. The summed E-state index contributed by atoms with van der Waals surface area (Å²) in [5.41, 5.74) is 1.20. The van der Waals surface area contributed by atoms with Gasteiger partial charge in [-0.3, -0.25) is 0 Å². The molecule has 2 atom stereocenters. The number of benzene rings is 1. The fourth-order valence-electron chi connectivity index (χ4n) is 2.18. The van der Waals surface area contributed by atoms with Crippen LogP contribution in [0.4, 0.5) is 0 Å². The number of rotatable bonds is 2. The van der Waals surface area contributed by atoms with Crippen LogP contribution in [0.3, 0.4) is 0 Å². The Morgan fingerprint density at radius 2 is 1.90 bits per heavy atom. The summed E-state index contributed by atoms with van der Waals surface area (Å²) in [7, 11) is 0. The van der Waals surface area contributed by atoms with Gasteiger partial charge < -0.3 is 9.47 Å². The molecule has 0 fully saturated rings. The fourth-order valence-corrected chi connectivity index (χ4v) is 3.78. The zero-order valence-corrected chi connectivity index (χ0v) is 14.0. The first-order valence-corrected chi connectivity index (χ1v) is 8.46. The normalized spacial score (nSPS) is 19.4. The molecule has 0 bridgehead atoms. The van der Waals surface area contributed by atoms with E-state index in [1.54, 1.807) is 0 Å². The second-order valence-electron chi connectivity index (χ2n) is 5.24. The summed E-state index contributed by atoms with van der Waals surface area (Å²) >= 11 is 5.59. The highest BCUT2D eigenvalue weighted by atomic mass is 79.9. The maximum absolute atomic E-state index is 5.85. The molecule has 0 radical (unpaired) electrons. The first kappa shape index (κ1) is 14.0. The van der Waals surface area contributed by atoms with E-state index in [-0.39, 0.29) is 4.83 Å². The van der Waals surface area contributed by atoms with Gasteiger partial charge in [-0.25, -0.2) is 0 Å². The molecule has 3 rings (SSSR count). The lowest BCUT2D eigenvalue weighted by molar-refractivity contribution is 0.228. The Hall–Kier alpha value is -1.00. The molecule has 2 unspecified atom stereocenters. The Morgan fingerprint density at radius 3 is 2.60 bits per heavy atom. The quantitative estimate of drug-likeness (QED) is 0.712. The lowest BCUT2D eigenvalue weighted by Crippen LogP contribution is -2.12. The van der Waals surface area contributed by atoms with Gasteiger partial charge in [0, 0.05) is 15.7 Å². The van der Waals surface area contributed by atoms with Crippen LogP contribution in [0.5, 0.6) is 11.5 Å². The molecule has 1 aliphatic heterocycles. The summed E-state index contributed by atoms with van der Waals surface area (Å²) in [6.45, 7) is 5.69. The lowest BCUT2D eigenvalue weighted by atomic mass is 10.1. The van der Waals surface area contributed by atoms with Crippen LogP contribution in [-0.4, -0.2) is 13.2 Å². The summed E-state index contributed by atoms with van der Waals surface area (Å²) in [4.78, 5) is 2.84. The molecule has 20 heavy (non-hydrogen) atoms. The van der Waals surface area contributed by atoms with Crippen molar-refractivity contribution < 1.29 is 9.47 Å². The summed E-state index contributed by atoms with van der Waals surface area (Å²) in [5.74, 6) is 2.12. The van der Waals surface area contributed by atoms with E-state index >= 15 is 0 Å². The topological polar surface area (TPSA) is 18.5 Å². The first-order chi connectivity index (χ1) is 9.63. The second-order valence-corrected chi connectivity index (χ2v) is 7.48. The van der Waals surface area contributed by atoms with Crippen molar-refractivity contribution in [2.45, 2.75) is 18.7 Å². The van der Waals surface area contributed by atoms with Gasteiger partial charge >= 0.3 is 0 Å². The van der Waals surface area contributed by atoms with Gasteiger partial charge in [-0.05, 0) is 36.8 Å². The van der Waals surface area contributed by atoms with Crippen molar-refractivity contribution in [1.29, 1.82) is 0 Å². The van der Waals surface area contributed by atoms with E-state index in [0.717, 1.165) is 11.5 Å². The number of hydrogen-bond donors (Lipinski definition) is 0. The first-order valence-electron chi connectivity index (χ1n) is 6.73. The third-order valence-electron chi connectivity index (χ3n) is 3.32. The third-order valence-corrected chi connectivity index (χ3v) is 5.71. The van der Waals surface area contributed by atoms with Gasteiger partial charge in [0.05, 0.1) is 18.0 Å². The molecular formula is C16H17BrO2S. The minimum atomic E-state index is 0.204. The van der Waals surface area contributed by atoms with Crippen molar-refractivity contribution in [2.24, 2.45) is 5.92 Å². The SMILES string of the molecule is Cc1ccc(C(Br)c2ccc3c(c2)OCC(C)CO3)s1. The van der Waals surface area contributed by atoms with Gasteiger partial charge in [0.25, 0.3) is 0 Å². The molecule has 4 heteroatoms. The maximum atomic E-state index is 5.85. The van der Waals surface area contributed by atoms with E-state index < -0.39 is 0 Å². The van der Waals surface area contributed by atoms with Crippen molar-refractivity contribution in [3.8, 4) is 11.5 Å².